The third-order valence-electron chi connectivity index (χ3n) is 2.04. The van der Waals surface area contributed by atoms with Crippen molar-refractivity contribution in [1.29, 1.82) is 0 Å². The lowest BCUT2D eigenvalue weighted by molar-refractivity contribution is 0.426. The SMILES string of the molecule is Cc1cc2c(B(O)O)cc(I)cc2s1. The molecule has 0 unspecified atom stereocenters. The van der Waals surface area contributed by atoms with Gasteiger partial charge in [0, 0.05) is 13.1 Å². The lowest BCUT2D eigenvalue weighted by atomic mass is 9.78. The first kappa shape index (κ1) is 10.4. The van der Waals surface area contributed by atoms with E-state index < -0.39 is 7.12 Å². The van der Waals surface area contributed by atoms with Gasteiger partial charge in [0.15, 0.2) is 0 Å². The minimum atomic E-state index is -1.39. The van der Waals surface area contributed by atoms with Crippen LogP contribution >= 0.6 is 33.9 Å². The fourth-order valence-electron chi connectivity index (χ4n) is 1.47. The Kier molecular flexibility index (Phi) is 2.83. The van der Waals surface area contributed by atoms with Crippen molar-refractivity contribution in [3.05, 3.63) is 26.6 Å². The Labute approximate surface area is 99.9 Å². The summed E-state index contributed by atoms with van der Waals surface area (Å²) in [6.45, 7) is 2.02. The maximum Gasteiger partial charge on any atom is 0.489 e. The average molecular weight is 318 g/mol. The first-order valence-corrected chi connectivity index (χ1v) is 6.03. The highest BCUT2D eigenvalue weighted by Gasteiger charge is 2.16. The van der Waals surface area contributed by atoms with Crippen LogP contribution in [-0.4, -0.2) is 17.2 Å². The van der Waals surface area contributed by atoms with Gasteiger partial charge in [-0.15, -0.1) is 11.3 Å². The van der Waals surface area contributed by atoms with Crippen LogP contribution in [0.25, 0.3) is 10.1 Å². The Morgan fingerprint density at radius 1 is 1.29 bits per heavy atom. The molecule has 0 radical (unpaired) electrons. The van der Waals surface area contributed by atoms with E-state index in [4.69, 9.17) is 0 Å². The van der Waals surface area contributed by atoms with Crippen LogP contribution in [0.1, 0.15) is 4.88 Å². The molecule has 5 heteroatoms. The Balaban J connectivity index is 2.79. The van der Waals surface area contributed by atoms with E-state index in [-0.39, 0.29) is 0 Å². The summed E-state index contributed by atoms with van der Waals surface area (Å²) in [5.74, 6) is 0. The van der Waals surface area contributed by atoms with E-state index in [0.717, 1.165) is 13.7 Å². The van der Waals surface area contributed by atoms with Gasteiger partial charge in [0.2, 0.25) is 0 Å². The van der Waals surface area contributed by atoms with Crippen molar-refractivity contribution in [3.8, 4) is 0 Å². The summed E-state index contributed by atoms with van der Waals surface area (Å²) >= 11 is 3.85. The molecule has 0 aliphatic heterocycles. The van der Waals surface area contributed by atoms with E-state index in [1.54, 1.807) is 17.4 Å². The number of thiophene rings is 1. The third-order valence-corrected chi connectivity index (χ3v) is 3.66. The number of fused-ring (bicyclic) bond motifs is 1. The van der Waals surface area contributed by atoms with Gasteiger partial charge in [0.25, 0.3) is 0 Å². The number of benzene rings is 1. The fourth-order valence-corrected chi connectivity index (χ4v) is 3.33. The fraction of sp³-hybridized carbons (Fsp3) is 0.111. The number of hydrogen-bond donors (Lipinski definition) is 2. The molecule has 0 saturated heterocycles. The van der Waals surface area contributed by atoms with Crippen molar-refractivity contribution < 1.29 is 10.0 Å². The first-order valence-electron chi connectivity index (χ1n) is 4.13. The summed E-state index contributed by atoms with van der Waals surface area (Å²) in [6.07, 6.45) is 0. The van der Waals surface area contributed by atoms with Crippen molar-refractivity contribution in [2.45, 2.75) is 6.92 Å². The second-order valence-corrected chi connectivity index (χ2v) is 5.67. The molecule has 0 bridgehead atoms. The molecule has 2 aromatic rings. The van der Waals surface area contributed by atoms with Crippen LogP contribution < -0.4 is 5.46 Å². The summed E-state index contributed by atoms with van der Waals surface area (Å²) in [4.78, 5) is 1.18. The van der Waals surface area contributed by atoms with E-state index in [1.807, 2.05) is 13.0 Å². The highest BCUT2D eigenvalue weighted by Crippen LogP contribution is 2.25. The lowest BCUT2D eigenvalue weighted by Crippen LogP contribution is -2.30. The molecule has 0 saturated carbocycles. The zero-order valence-corrected chi connectivity index (χ0v) is 10.5. The van der Waals surface area contributed by atoms with E-state index >= 15 is 0 Å². The summed E-state index contributed by atoms with van der Waals surface area (Å²) in [6, 6.07) is 5.85. The molecular formula is C9H8BIO2S. The van der Waals surface area contributed by atoms with Crippen LogP contribution in [0.5, 0.6) is 0 Å². The second kappa shape index (κ2) is 3.81. The Morgan fingerprint density at radius 2 is 2.00 bits per heavy atom. The molecule has 0 fully saturated rings. The average Bonchev–Trinajstić information content (AvgIpc) is 2.42. The molecule has 1 aromatic heterocycles. The van der Waals surface area contributed by atoms with Crippen LogP contribution in [0.3, 0.4) is 0 Å². The Morgan fingerprint density at radius 3 is 2.64 bits per heavy atom. The quantitative estimate of drug-likeness (QED) is 0.618. The summed E-state index contributed by atoms with van der Waals surface area (Å²) in [5.41, 5.74) is 0.594. The van der Waals surface area contributed by atoms with Gasteiger partial charge in [-0.1, -0.05) is 0 Å². The van der Waals surface area contributed by atoms with Gasteiger partial charge >= 0.3 is 7.12 Å². The molecule has 2 nitrogen and oxygen atoms in total. The number of halogens is 1. The molecule has 0 aliphatic rings. The van der Waals surface area contributed by atoms with E-state index in [1.165, 1.54) is 4.88 Å². The van der Waals surface area contributed by atoms with Gasteiger partial charge in [0.1, 0.15) is 0 Å². The van der Waals surface area contributed by atoms with E-state index in [9.17, 15) is 10.0 Å². The Bertz CT molecular complexity index is 481. The smallest absolute Gasteiger partial charge is 0.423 e. The standard InChI is InChI=1S/C9H8BIO2S/c1-5-2-7-8(10(12)13)3-6(11)4-9(7)14-5/h2-4,12-13H,1H3. The molecule has 1 aromatic carbocycles. The molecule has 14 heavy (non-hydrogen) atoms. The third kappa shape index (κ3) is 1.81. The molecular weight excluding hydrogens is 310 g/mol. The molecule has 1 heterocycles. The zero-order chi connectivity index (χ0) is 10.3. The zero-order valence-electron chi connectivity index (χ0n) is 7.49. The number of aryl methyl sites for hydroxylation is 1. The van der Waals surface area contributed by atoms with Gasteiger partial charge in [-0.3, -0.25) is 0 Å². The van der Waals surface area contributed by atoms with E-state index in [2.05, 4.69) is 28.7 Å². The maximum atomic E-state index is 9.21. The number of hydrogen-bond acceptors (Lipinski definition) is 3. The van der Waals surface area contributed by atoms with Gasteiger partial charge in [-0.2, -0.15) is 0 Å². The minimum absolute atomic E-state index is 0.594. The van der Waals surface area contributed by atoms with Gasteiger partial charge in [-0.05, 0) is 58.6 Å². The van der Waals surface area contributed by atoms with Crippen LogP contribution in [0.15, 0.2) is 18.2 Å². The molecule has 2 rings (SSSR count). The molecule has 72 valence electrons. The largest absolute Gasteiger partial charge is 0.489 e. The molecule has 0 aliphatic carbocycles. The normalized spacial score (nSPS) is 10.9. The van der Waals surface area contributed by atoms with Crippen LogP contribution in [-0.2, 0) is 0 Å². The van der Waals surface area contributed by atoms with Gasteiger partial charge < -0.3 is 10.0 Å². The monoisotopic (exact) mass is 318 g/mol. The van der Waals surface area contributed by atoms with Crippen molar-refractivity contribution in [2.24, 2.45) is 0 Å². The minimum Gasteiger partial charge on any atom is -0.423 e. The summed E-state index contributed by atoms with van der Waals surface area (Å²) < 4.78 is 2.14. The van der Waals surface area contributed by atoms with Gasteiger partial charge in [-0.25, -0.2) is 0 Å². The molecule has 0 atom stereocenters. The number of rotatable bonds is 1. The van der Waals surface area contributed by atoms with Crippen LogP contribution in [0.4, 0.5) is 0 Å². The molecule has 0 amide bonds. The van der Waals surface area contributed by atoms with Crippen molar-refractivity contribution in [3.63, 3.8) is 0 Å². The van der Waals surface area contributed by atoms with E-state index in [0.29, 0.717) is 5.46 Å². The van der Waals surface area contributed by atoms with Crippen LogP contribution in [0.2, 0.25) is 0 Å². The maximum absolute atomic E-state index is 9.21. The first-order chi connectivity index (χ1) is 6.58. The molecule has 0 spiro atoms. The predicted molar refractivity (Wildman–Crippen MR) is 69.1 cm³/mol. The van der Waals surface area contributed by atoms with Crippen LogP contribution in [0, 0.1) is 10.5 Å². The lowest BCUT2D eigenvalue weighted by Gasteiger charge is -2.02. The second-order valence-electron chi connectivity index (χ2n) is 3.14. The van der Waals surface area contributed by atoms with Gasteiger partial charge in [0.05, 0.1) is 0 Å². The summed E-state index contributed by atoms with van der Waals surface area (Å²) in [7, 11) is -1.39. The predicted octanol–water partition coefficient (Wildman–Crippen LogP) is 1.49. The highest BCUT2D eigenvalue weighted by molar-refractivity contribution is 14.1. The van der Waals surface area contributed by atoms with Crippen molar-refractivity contribution in [2.75, 3.05) is 0 Å². The van der Waals surface area contributed by atoms with Crippen molar-refractivity contribution >= 4 is 56.6 Å². The Hall–Kier alpha value is -0.105. The molecule has 2 N–H and O–H groups in total. The highest BCUT2D eigenvalue weighted by atomic mass is 127. The topological polar surface area (TPSA) is 40.5 Å². The van der Waals surface area contributed by atoms with Crippen molar-refractivity contribution in [1.82, 2.24) is 0 Å². The summed E-state index contributed by atoms with van der Waals surface area (Å²) in [5, 5.41) is 19.4.